The molecule has 0 amide bonds. The molecule has 2 rings (SSSR count). The number of hydrogen-bond donors (Lipinski definition) is 1. The van der Waals surface area contributed by atoms with Crippen molar-refractivity contribution in [1.29, 1.82) is 0 Å². The van der Waals surface area contributed by atoms with Crippen molar-refractivity contribution in [3.05, 3.63) is 28.2 Å². The highest BCUT2D eigenvalue weighted by Crippen LogP contribution is 2.27. The van der Waals surface area contributed by atoms with E-state index in [9.17, 15) is 8.42 Å². The van der Waals surface area contributed by atoms with Gasteiger partial charge in [-0.25, -0.2) is 8.42 Å². The van der Waals surface area contributed by atoms with Crippen LogP contribution in [0.1, 0.15) is 44.6 Å². The largest absolute Gasteiger partial charge is 0.283 e. The number of hydrogen-bond acceptors (Lipinski definition) is 2. The topological polar surface area (TPSA) is 46.2 Å². The van der Waals surface area contributed by atoms with Crippen molar-refractivity contribution < 1.29 is 8.42 Å². The molecule has 0 spiro atoms. The second-order valence-electron chi connectivity index (χ2n) is 5.54. The van der Waals surface area contributed by atoms with Crippen LogP contribution in [0.25, 0.3) is 0 Å². The second kappa shape index (κ2) is 6.94. The third-order valence-electron chi connectivity index (χ3n) is 3.89. The van der Waals surface area contributed by atoms with E-state index in [0.717, 1.165) is 29.3 Å². The van der Waals surface area contributed by atoms with Crippen LogP contribution in [-0.2, 0) is 16.4 Å². The van der Waals surface area contributed by atoms with Crippen molar-refractivity contribution in [2.75, 3.05) is 10.5 Å². The van der Waals surface area contributed by atoms with Crippen LogP contribution in [0.5, 0.6) is 0 Å². The van der Waals surface area contributed by atoms with Gasteiger partial charge in [-0.15, -0.1) is 0 Å². The van der Waals surface area contributed by atoms with Gasteiger partial charge in [0.2, 0.25) is 10.0 Å². The second-order valence-corrected chi connectivity index (χ2v) is 8.23. The van der Waals surface area contributed by atoms with E-state index >= 15 is 0 Å². The van der Waals surface area contributed by atoms with Crippen molar-refractivity contribution in [3.63, 3.8) is 0 Å². The van der Waals surface area contributed by atoms with Gasteiger partial charge in [0.1, 0.15) is 0 Å². The molecule has 1 aromatic rings. The summed E-state index contributed by atoms with van der Waals surface area (Å²) in [5, 5.41) is 0. The smallest absolute Gasteiger partial charge is 0.233 e. The van der Waals surface area contributed by atoms with Gasteiger partial charge in [0.15, 0.2) is 0 Å². The lowest BCUT2D eigenvalue weighted by Gasteiger charge is -2.22. The Balaban J connectivity index is 2.07. The zero-order chi connectivity index (χ0) is 14.6. The van der Waals surface area contributed by atoms with Crippen LogP contribution in [0.15, 0.2) is 22.7 Å². The average Bonchev–Trinajstić information content (AvgIpc) is 2.41. The Morgan fingerprint density at radius 3 is 2.60 bits per heavy atom. The molecule has 0 aliphatic heterocycles. The normalized spacial score (nSPS) is 17.1. The minimum Gasteiger partial charge on any atom is -0.283 e. The summed E-state index contributed by atoms with van der Waals surface area (Å²) in [4.78, 5) is 0. The number of anilines is 1. The van der Waals surface area contributed by atoms with Gasteiger partial charge < -0.3 is 0 Å². The van der Waals surface area contributed by atoms with Crippen LogP contribution >= 0.6 is 15.9 Å². The molecule has 0 bridgehead atoms. The summed E-state index contributed by atoms with van der Waals surface area (Å²) >= 11 is 3.42. The van der Waals surface area contributed by atoms with Gasteiger partial charge in [-0.05, 0) is 48.9 Å². The Kier molecular flexibility index (Phi) is 5.49. The molecular formula is C15H22BrNO2S. The molecule has 1 saturated carbocycles. The van der Waals surface area contributed by atoms with Crippen LogP contribution in [0.4, 0.5) is 5.69 Å². The van der Waals surface area contributed by atoms with Crippen LogP contribution in [0.2, 0.25) is 0 Å². The summed E-state index contributed by atoms with van der Waals surface area (Å²) < 4.78 is 28.3. The minimum atomic E-state index is -3.25. The molecule has 1 aromatic carbocycles. The Bertz CT molecular complexity index is 551. The minimum absolute atomic E-state index is 0.256. The number of benzene rings is 1. The fourth-order valence-electron chi connectivity index (χ4n) is 2.83. The van der Waals surface area contributed by atoms with E-state index < -0.39 is 10.0 Å². The zero-order valence-corrected chi connectivity index (χ0v) is 14.3. The van der Waals surface area contributed by atoms with Crippen molar-refractivity contribution in [1.82, 2.24) is 0 Å². The fraction of sp³-hybridized carbons (Fsp3) is 0.600. The first kappa shape index (κ1) is 15.8. The maximum atomic E-state index is 12.3. The van der Waals surface area contributed by atoms with Gasteiger partial charge in [-0.3, -0.25) is 4.72 Å². The van der Waals surface area contributed by atoms with Gasteiger partial charge in [0.05, 0.1) is 11.4 Å². The quantitative estimate of drug-likeness (QED) is 0.849. The van der Waals surface area contributed by atoms with Gasteiger partial charge in [0, 0.05) is 4.47 Å². The molecule has 112 valence electrons. The Morgan fingerprint density at radius 1 is 1.25 bits per heavy atom. The lowest BCUT2D eigenvalue weighted by Crippen LogP contribution is -2.24. The summed E-state index contributed by atoms with van der Waals surface area (Å²) in [6, 6.07) is 5.68. The molecule has 1 aliphatic carbocycles. The molecule has 5 heteroatoms. The van der Waals surface area contributed by atoms with Crippen LogP contribution in [-0.4, -0.2) is 14.2 Å². The third-order valence-corrected chi connectivity index (χ3v) is 5.83. The molecule has 0 saturated heterocycles. The summed E-state index contributed by atoms with van der Waals surface area (Å²) in [6.07, 6.45) is 6.47. The highest BCUT2D eigenvalue weighted by atomic mass is 79.9. The Labute approximate surface area is 130 Å². The molecular weight excluding hydrogens is 338 g/mol. The number of rotatable bonds is 5. The van der Waals surface area contributed by atoms with Gasteiger partial charge >= 0.3 is 0 Å². The lowest BCUT2D eigenvalue weighted by atomic mass is 9.91. The number of aryl methyl sites for hydroxylation is 1. The lowest BCUT2D eigenvalue weighted by molar-refractivity contribution is 0.385. The van der Waals surface area contributed by atoms with E-state index in [1.165, 1.54) is 19.3 Å². The van der Waals surface area contributed by atoms with E-state index in [1.807, 2.05) is 25.1 Å². The first-order valence-electron chi connectivity index (χ1n) is 7.29. The van der Waals surface area contributed by atoms with E-state index in [4.69, 9.17) is 0 Å². The van der Waals surface area contributed by atoms with Crippen LogP contribution in [0, 0.1) is 5.92 Å². The maximum absolute atomic E-state index is 12.3. The van der Waals surface area contributed by atoms with Gasteiger partial charge in [0.25, 0.3) is 0 Å². The molecule has 0 atom stereocenters. The molecule has 0 aromatic heterocycles. The zero-order valence-electron chi connectivity index (χ0n) is 11.9. The Morgan fingerprint density at radius 2 is 1.95 bits per heavy atom. The molecule has 0 radical (unpaired) electrons. The Hall–Kier alpha value is -0.550. The fourth-order valence-corrected chi connectivity index (χ4v) is 4.81. The van der Waals surface area contributed by atoms with Gasteiger partial charge in [-0.1, -0.05) is 42.1 Å². The highest BCUT2D eigenvalue weighted by Gasteiger charge is 2.21. The number of halogens is 1. The molecule has 1 fully saturated rings. The maximum Gasteiger partial charge on any atom is 0.233 e. The third kappa shape index (κ3) is 4.48. The summed E-state index contributed by atoms with van der Waals surface area (Å²) in [5.41, 5.74) is 1.73. The molecule has 20 heavy (non-hydrogen) atoms. The monoisotopic (exact) mass is 359 g/mol. The standard InChI is InChI=1S/C15H22BrNO2S/c1-2-13-10-14(16)8-9-15(13)17-20(18,19)11-12-6-4-3-5-7-12/h8-10,12,17H,2-7,11H2,1H3. The molecule has 1 aliphatic rings. The van der Waals surface area contributed by atoms with E-state index in [2.05, 4.69) is 20.7 Å². The predicted octanol–water partition coefficient (Wildman–Crippen LogP) is 4.33. The molecule has 0 heterocycles. The summed E-state index contributed by atoms with van der Waals surface area (Å²) in [5.74, 6) is 0.577. The van der Waals surface area contributed by atoms with Crippen LogP contribution < -0.4 is 4.72 Å². The van der Waals surface area contributed by atoms with Crippen molar-refractivity contribution in [3.8, 4) is 0 Å². The van der Waals surface area contributed by atoms with Crippen LogP contribution in [0.3, 0.4) is 0 Å². The SMILES string of the molecule is CCc1cc(Br)ccc1NS(=O)(=O)CC1CCCCC1. The average molecular weight is 360 g/mol. The summed E-state index contributed by atoms with van der Waals surface area (Å²) in [7, 11) is -3.25. The molecule has 1 N–H and O–H groups in total. The predicted molar refractivity (Wildman–Crippen MR) is 87.5 cm³/mol. The number of nitrogens with one attached hydrogen (secondary N) is 1. The first-order valence-corrected chi connectivity index (χ1v) is 9.73. The number of sulfonamides is 1. The molecule has 3 nitrogen and oxygen atoms in total. The van der Waals surface area contributed by atoms with E-state index in [-0.39, 0.29) is 5.75 Å². The summed E-state index contributed by atoms with van der Waals surface area (Å²) in [6.45, 7) is 2.03. The van der Waals surface area contributed by atoms with E-state index in [1.54, 1.807) is 0 Å². The van der Waals surface area contributed by atoms with Crippen molar-refractivity contribution in [2.24, 2.45) is 5.92 Å². The van der Waals surface area contributed by atoms with Gasteiger partial charge in [-0.2, -0.15) is 0 Å². The van der Waals surface area contributed by atoms with Crippen molar-refractivity contribution in [2.45, 2.75) is 45.4 Å². The van der Waals surface area contributed by atoms with Crippen molar-refractivity contribution >= 4 is 31.6 Å². The first-order chi connectivity index (χ1) is 9.50. The van der Waals surface area contributed by atoms with E-state index in [0.29, 0.717) is 11.6 Å². The highest BCUT2D eigenvalue weighted by molar-refractivity contribution is 9.10. The molecule has 0 unspecified atom stereocenters.